The van der Waals surface area contributed by atoms with Gasteiger partial charge in [-0.15, -0.1) is 0 Å². The molecule has 0 saturated heterocycles. The summed E-state index contributed by atoms with van der Waals surface area (Å²) < 4.78 is 16.7. The SMILES string of the molecule is COCC(C)N(CC(O)COc1ccccc1)C(CO)COc1ccccc1. The molecule has 0 bridgehead atoms. The second kappa shape index (κ2) is 12.4. The first-order valence-corrected chi connectivity index (χ1v) is 9.53. The number of rotatable bonds is 13. The molecule has 6 nitrogen and oxygen atoms in total. The molecule has 0 aliphatic heterocycles. The van der Waals surface area contributed by atoms with Crippen LogP contribution >= 0.6 is 0 Å². The molecule has 2 aromatic carbocycles. The number of methoxy groups -OCH3 is 1. The van der Waals surface area contributed by atoms with E-state index in [1.807, 2.05) is 72.5 Å². The van der Waals surface area contributed by atoms with E-state index < -0.39 is 6.10 Å². The van der Waals surface area contributed by atoms with Gasteiger partial charge in [0.15, 0.2) is 0 Å². The van der Waals surface area contributed by atoms with Crippen LogP contribution in [0, 0.1) is 0 Å². The van der Waals surface area contributed by atoms with Crippen molar-refractivity contribution in [2.45, 2.75) is 25.1 Å². The maximum Gasteiger partial charge on any atom is 0.119 e. The van der Waals surface area contributed by atoms with Gasteiger partial charge < -0.3 is 24.4 Å². The quantitative estimate of drug-likeness (QED) is 0.547. The Labute approximate surface area is 167 Å². The van der Waals surface area contributed by atoms with Gasteiger partial charge in [-0.05, 0) is 31.2 Å². The summed E-state index contributed by atoms with van der Waals surface area (Å²) in [5.74, 6) is 1.46. The molecule has 28 heavy (non-hydrogen) atoms. The molecule has 0 aliphatic carbocycles. The Hall–Kier alpha value is -2.12. The lowest BCUT2D eigenvalue weighted by atomic mass is 10.1. The number of hydrogen-bond acceptors (Lipinski definition) is 6. The van der Waals surface area contributed by atoms with Crippen LogP contribution in [-0.2, 0) is 4.74 Å². The maximum absolute atomic E-state index is 10.5. The van der Waals surface area contributed by atoms with E-state index in [9.17, 15) is 10.2 Å². The highest BCUT2D eigenvalue weighted by Gasteiger charge is 2.26. The number of aliphatic hydroxyl groups excluding tert-OH is 2. The Morgan fingerprint density at radius 2 is 1.39 bits per heavy atom. The minimum atomic E-state index is -0.717. The van der Waals surface area contributed by atoms with Crippen molar-refractivity contribution in [3.8, 4) is 11.5 Å². The number of para-hydroxylation sites is 2. The Morgan fingerprint density at radius 3 is 1.89 bits per heavy atom. The van der Waals surface area contributed by atoms with Gasteiger partial charge in [-0.3, -0.25) is 4.90 Å². The molecule has 0 aliphatic rings. The zero-order valence-corrected chi connectivity index (χ0v) is 16.6. The maximum atomic E-state index is 10.5. The first-order chi connectivity index (χ1) is 13.6. The number of aliphatic hydroxyl groups is 2. The van der Waals surface area contributed by atoms with E-state index in [-0.39, 0.29) is 25.3 Å². The van der Waals surface area contributed by atoms with Gasteiger partial charge in [0.1, 0.15) is 30.8 Å². The van der Waals surface area contributed by atoms with Crippen molar-refractivity contribution in [1.29, 1.82) is 0 Å². The van der Waals surface area contributed by atoms with Crippen molar-refractivity contribution in [3.05, 3.63) is 60.7 Å². The fourth-order valence-corrected chi connectivity index (χ4v) is 2.99. The first-order valence-electron chi connectivity index (χ1n) is 9.53. The van der Waals surface area contributed by atoms with E-state index >= 15 is 0 Å². The van der Waals surface area contributed by atoms with E-state index in [2.05, 4.69) is 0 Å². The average Bonchev–Trinajstić information content (AvgIpc) is 2.73. The monoisotopic (exact) mass is 389 g/mol. The van der Waals surface area contributed by atoms with Crippen LogP contribution in [0.15, 0.2) is 60.7 Å². The van der Waals surface area contributed by atoms with Crippen molar-refractivity contribution >= 4 is 0 Å². The zero-order chi connectivity index (χ0) is 20.2. The lowest BCUT2D eigenvalue weighted by Gasteiger charge is -2.36. The second-order valence-corrected chi connectivity index (χ2v) is 6.74. The van der Waals surface area contributed by atoms with Gasteiger partial charge >= 0.3 is 0 Å². The van der Waals surface area contributed by atoms with Crippen molar-refractivity contribution in [2.75, 3.05) is 40.1 Å². The summed E-state index contributed by atoms with van der Waals surface area (Å²) >= 11 is 0. The summed E-state index contributed by atoms with van der Waals surface area (Å²) in [5.41, 5.74) is 0. The average molecular weight is 389 g/mol. The lowest BCUT2D eigenvalue weighted by Crippen LogP contribution is -2.52. The minimum absolute atomic E-state index is 0.00658. The molecular weight excluding hydrogens is 358 g/mol. The fraction of sp³-hybridized carbons (Fsp3) is 0.455. The Balaban J connectivity index is 1.95. The normalized spacial score (nSPS) is 14.5. The van der Waals surface area contributed by atoms with Crippen LogP contribution in [0.2, 0.25) is 0 Å². The second-order valence-electron chi connectivity index (χ2n) is 6.74. The van der Waals surface area contributed by atoms with Crippen molar-refractivity contribution < 1.29 is 24.4 Å². The topological polar surface area (TPSA) is 71.4 Å². The molecule has 3 unspecified atom stereocenters. The summed E-state index contributed by atoms with van der Waals surface area (Å²) in [5, 5.41) is 20.4. The number of hydrogen-bond donors (Lipinski definition) is 2. The summed E-state index contributed by atoms with van der Waals surface area (Å²) in [7, 11) is 1.64. The van der Waals surface area contributed by atoms with E-state index in [1.165, 1.54) is 0 Å². The molecule has 154 valence electrons. The van der Waals surface area contributed by atoms with Gasteiger partial charge in [0, 0.05) is 19.7 Å². The van der Waals surface area contributed by atoms with Crippen LogP contribution in [0.25, 0.3) is 0 Å². The Morgan fingerprint density at radius 1 is 0.857 bits per heavy atom. The Kier molecular flexibility index (Phi) is 9.79. The van der Waals surface area contributed by atoms with Crippen LogP contribution in [0.5, 0.6) is 11.5 Å². The minimum Gasteiger partial charge on any atom is -0.492 e. The molecular formula is C22H31NO5. The molecule has 2 aromatic rings. The lowest BCUT2D eigenvalue weighted by molar-refractivity contribution is -0.0136. The highest BCUT2D eigenvalue weighted by Crippen LogP contribution is 2.14. The standard InChI is InChI=1S/C22H31NO5/c1-18(15-26-2)23(13-20(25)17-28-22-11-7-4-8-12-22)19(14-24)16-27-21-9-5-3-6-10-21/h3-12,18-20,24-25H,13-17H2,1-2H3. The van der Waals surface area contributed by atoms with Crippen molar-refractivity contribution in [1.82, 2.24) is 4.90 Å². The summed E-state index contributed by atoms with van der Waals surface area (Å²) in [6, 6.07) is 18.6. The molecule has 0 spiro atoms. The van der Waals surface area contributed by atoms with Gasteiger partial charge in [-0.25, -0.2) is 0 Å². The van der Waals surface area contributed by atoms with Gasteiger partial charge in [0.25, 0.3) is 0 Å². The molecule has 0 aromatic heterocycles. The molecule has 2 N–H and O–H groups in total. The van der Waals surface area contributed by atoms with E-state index in [0.717, 1.165) is 5.75 Å². The van der Waals surface area contributed by atoms with Gasteiger partial charge in [-0.1, -0.05) is 36.4 Å². The number of benzene rings is 2. The predicted molar refractivity (Wildman–Crippen MR) is 109 cm³/mol. The first kappa shape index (κ1) is 22.2. The highest BCUT2D eigenvalue weighted by atomic mass is 16.5. The zero-order valence-electron chi connectivity index (χ0n) is 16.6. The predicted octanol–water partition coefficient (Wildman–Crippen LogP) is 2.20. The van der Waals surface area contributed by atoms with Crippen molar-refractivity contribution in [2.24, 2.45) is 0 Å². The molecule has 0 amide bonds. The summed E-state index contributed by atoms with van der Waals surface area (Å²) in [4.78, 5) is 2.01. The van der Waals surface area contributed by atoms with Crippen LogP contribution in [0.1, 0.15) is 6.92 Å². The molecule has 0 heterocycles. The van der Waals surface area contributed by atoms with E-state index in [4.69, 9.17) is 14.2 Å². The third kappa shape index (κ3) is 7.48. The summed E-state index contributed by atoms with van der Waals surface area (Å²) in [6.07, 6.45) is -0.717. The van der Waals surface area contributed by atoms with Gasteiger partial charge in [-0.2, -0.15) is 0 Å². The third-order valence-electron chi connectivity index (χ3n) is 4.45. The number of nitrogens with zero attached hydrogens (tertiary/aromatic N) is 1. The van der Waals surface area contributed by atoms with Crippen LogP contribution in [0.4, 0.5) is 0 Å². The highest BCUT2D eigenvalue weighted by molar-refractivity contribution is 5.21. The van der Waals surface area contributed by atoms with E-state index in [1.54, 1.807) is 7.11 Å². The molecule has 6 heteroatoms. The van der Waals surface area contributed by atoms with Gasteiger partial charge in [0.05, 0.1) is 19.3 Å². The van der Waals surface area contributed by atoms with E-state index in [0.29, 0.717) is 25.5 Å². The molecule has 0 saturated carbocycles. The van der Waals surface area contributed by atoms with Crippen LogP contribution in [0.3, 0.4) is 0 Å². The van der Waals surface area contributed by atoms with Crippen LogP contribution in [-0.4, -0.2) is 73.4 Å². The van der Waals surface area contributed by atoms with Crippen molar-refractivity contribution in [3.63, 3.8) is 0 Å². The van der Waals surface area contributed by atoms with Gasteiger partial charge in [0.2, 0.25) is 0 Å². The fourth-order valence-electron chi connectivity index (χ4n) is 2.99. The molecule has 0 radical (unpaired) electrons. The third-order valence-corrected chi connectivity index (χ3v) is 4.45. The largest absolute Gasteiger partial charge is 0.492 e. The molecule has 0 fully saturated rings. The Bertz CT molecular complexity index is 640. The molecule has 3 atom stereocenters. The number of ether oxygens (including phenoxy) is 3. The molecule has 2 rings (SSSR count). The summed E-state index contributed by atoms with van der Waals surface area (Å²) in [6.45, 7) is 3.19. The smallest absolute Gasteiger partial charge is 0.119 e. The van der Waals surface area contributed by atoms with Crippen LogP contribution < -0.4 is 9.47 Å².